The Labute approximate surface area is 111 Å². The second-order valence-corrected chi connectivity index (χ2v) is 4.18. The number of pyridine rings is 1. The molecule has 0 saturated carbocycles. The fourth-order valence-corrected chi connectivity index (χ4v) is 1.76. The Hall–Kier alpha value is -2.40. The molecule has 2 rings (SSSR count). The molecule has 5 heteroatoms. The quantitative estimate of drug-likeness (QED) is 0.576. The van der Waals surface area contributed by atoms with Gasteiger partial charge in [0.05, 0.1) is 6.04 Å². The maximum Gasteiger partial charge on any atom is 0.251 e. The smallest absolute Gasteiger partial charge is 0.251 e. The van der Waals surface area contributed by atoms with E-state index in [1.807, 2.05) is 37.3 Å². The molecule has 0 saturated heterocycles. The number of benzene rings is 1. The van der Waals surface area contributed by atoms with E-state index < -0.39 is 0 Å². The highest BCUT2D eigenvalue weighted by Gasteiger charge is 2.11. The number of hydrogen-bond acceptors (Lipinski definition) is 4. The number of aromatic nitrogens is 1. The molecule has 0 radical (unpaired) electrons. The van der Waals surface area contributed by atoms with Crippen LogP contribution in [-0.2, 0) is 0 Å². The molecule has 0 bridgehead atoms. The number of hydrogen-bond donors (Lipinski definition) is 3. The normalized spacial score (nSPS) is 11.7. The fourth-order valence-electron chi connectivity index (χ4n) is 1.76. The minimum Gasteiger partial charge on any atom is -0.346 e. The van der Waals surface area contributed by atoms with E-state index in [4.69, 9.17) is 5.84 Å². The molecule has 1 heterocycles. The molecule has 1 aromatic carbocycles. The van der Waals surface area contributed by atoms with Gasteiger partial charge in [-0.1, -0.05) is 30.3 Å². The zero-order chi connectivity index (χ0) is 13.7. The molecule has 1 atom stereocenters. The van der Waals surface area contributed by atoms with E-state index in [1.54, 1.807) is 12.1 Å². The van der Waals surface area contributed by atoms with Gasteiger partial charge in [0.2, 0.25) is 0 Å². The lowest BCUT2D eigenvalue weighted by Gasteiger charge is -2.14. The van der Waals surface area contributed by atoms with Crippen LogP contribution in [0, 0.1) is 0 Å². The third-order valence-corrected chi connectivity index (χ3v) is 2.82. The topological polar surface area (TPSA) is 80.0 Å². The Morgan fingerprint density at radius 3 is 2.68 bits per heavy atom. The van der Waals surface area contributed by atoms with Gasteiger partial charge in [-0.15, -0.1) is 0 Å². The molecule has 1 unspecified atom stereocenters. The Balaban J connectivity index is 2.08. The molecule has 0 spiro atoms. The molecule has 2 aromatic rings. The minimum absolute atomic E-state index is 0.0591. The van der Waals surface area contributed by atoms with Gasteiger partial charge in [0, 0.05) is 11.8 Å². The minimum atomic E-state index is -0.157. The van der Waals surface area contributed by atoms with Crippen LogP contribution in [-0.4, -0.2) is 10.9 Å². The van der Waals surface area contributed by atoms with Gasteiger partial charge in [0.1, 0.15) is 5.82 Å². The first kappa shape index (κ1) is 13.0. The number of amides is 1. The maximum absolute atomic E-state index is 12.1. The molecule has 1 amide bonds. The molecular weight excluding hydrogens is 240 g/mol. The van der Waals surface area contributed by atoms with Crippen molar-refractivity contribution in [2.45, 2.75) is 13.0 Å². The van der Waals surface area contributed by atoms with Crippen LogP contribution in [0.15, 0.2) is 48.7 Å². The number of anilines is 1. The summed E-state index contributed by atoms with van der Waals surface area (Å²) in [5.41, 5.74) is 3.99. The lowest BCUT2D eigenvalue weighted by molar-refractivity contribution is 0.0940. The number of nitrogens with two attached hydrogens (primary N) is 1. The summed E-state index contributed by atoms with van der Waals surface area (Å²) in [4.78, 5) is 16.1. The highest BCUT2D eigenvalue weighted by atomic mass is 16.1. The second-order valence-electron chi connectivity index (χ2n) is 4.18. The van der Waals surface area contributed by atoms with Crippen LogP contribution in [0.5, 0.6) is 0 Å². The van der Waals surface area contributed by atoms with E-state index in [-0.39, 0.29) is 11.9 Å². The summed E-state index contributed by atoms with van der Waals surface area (Å²) in [6.45, 7) is 1.94. The van der Waals surface area contributed by atoms with Crippen molar-refractivity contribution in [2.75, 3.05) is 5.43 Å². The number of nitrogens with one attached hydrogen (secondary N) is 2. The number of hydrazine groups is 1. The van der Waals surface area contributed by atoms with Crippen LogP contribution in [0.2, 0.25) is 0 Å². The van der Waals surface area contributed by atoms with Gasteiger partial charge in [-0.2, -0.15) is 0 Å². The van der Waals surface area contributed by atoms with Crippen LogP contribution in [0.1, 0.15) is 28.9 Å². The number of nitrogens with zero attached hydrogens (tertiary/aromatic N) is 1. The summed E-state index contributed by atoms with van der Waals surface area (Å²) in [5.74, 6) is 5.57. The fraction of sp³-hybridized carbons (Fsp3) is 0.143. The Kier molecular flexibility index (Phi) is 4.10. The lowest BCUT2D eigenvalue weighted by Crippen LogP contribution is -2.26. The number of nitrogen functional groups attached to an aromatic ring is 1. The van der Waals surface area contributed by atoms with Crippen molar-refractivity contribution in [1.82, 2.24) is 10.3 Å². The van der Waals surface area contributed by atoms with E-state index in [0.717, 1.165) is 5.56 Å². The average molecular weight is 256 g/mol. The van der Waals surface area contributed by atoms with Gasteiger partial charge in [0.15, 0.2) is 0 Å². The second kappa shape index (κ2) is 5.97. The predicted molar refractivity (Wildman–Crippen MR) is 74.4 cm³/mol. The van der Waals surface area contributed by atoms with Crippen LogP contribution in [0.25, 0.3) is 0 Å². The van der Waals surface area contributed by atoms with E-state index in [0.29, 0.717) is 11.4 Å². The molecule has 98 valence electrons. The lowest BCUT2D eigenvalue weighted by atomic mass is 10.1. The monoisotopic (exact) mass is 256 g/mol. The third-order valence-electron chi connectivity index (χ3n) is 2.82. The zero-order valence-electron chi connectivity index (χ0n) is 10.6. The van der Waals surface area contributed by atoms with Gasteiger partial charge in [0.25, 0.3) is 5.91 Å². The molecule has 0 aliphatic rings. The summed E-state index contributed by atoms with van der Waals surface area (Å²) in [6, 6.07) is 13.0. The van der Waals surface area contributed by atoms with Crippen molar-refractivity contribution >= 4 is 11.7 Å². The molecule has 1 aromatic heterocycles. The SMILES string of the molecule is CC(NC(=O)c1ccnc(NN)c1)c1ccccc1. The number of carbonyl (C=O) groups is 1. The van der Waals surface area contributed by atoms with Gasteiger partial charge in [-0.05, 0) is 24.6 Å². The zero-order valence-corrected chi connectivity index (χ0v) is 10.6. The van der Waals surface area contributed by atoms with Crippen molar-refractivity contribution in [3.05, 3.63) is 59.8 Å². The molecule has 19 heavy (non-hydrogen) atoms. The van der Waals surface area contributed by atoms with Gasteiger partial charge in [-0.3, -0.25) is 4.79 Å². The number of rotatable bonds is 4. The first-order valence-electron chi connectivity index (χ1n) is 5.99. The van der Waals surface area contributed by atoms with Gasteiger partial charge < -0.3 is 10.7 Å². The van der Waals surface area contributed by atoms with Gasteiger partial charge in [-0.25, -0.2) is 10.8 Å². The van der Waals surface area contributed by atoms with E-state index in [9.17, 15) is 4.79 Å². The highest BCUT2D eigenvalue weighted by Crippen LogP contribution is 2.13. The Bertz CT molecular complexity index is 556. The van der Waals surface area contributed by atoms with E-state index in [1.165, 1.54) is 6.20 Å². The van der Waals surface area contributed by atoms with E-state index in [2.05, 4.69) is 15.7 Å². The third kappa shape index (κ3) is 3.29. The highest BCUT2D eigenvalue weighted by molar-refractivity contribution is 5.95. The van der Waals surface area contributed by atoms with Crippen LogP contribution >= 0.6 is 0 Å². The predicted octanol–water partition coefficient (Wildman–Crippen LogP) is 1.86. The molecule has 0 aliphatic carbocycles. The van der Waals surface area contributed by atoms with Crippen molar-refractivity contribution in [3.8, 4) is 0 Å². The molecule has 4 N–H and O–H groups in total. The first-order valence-corrected chi connectivity index (χ1v) is 5.99. The Morgan fingerprint density at radius 1 is 1.26 bits per heavy atom. The molecular formula is C14H16N4O. The van der Waals surface area contributed by atoms with Crippen LogP contribution < -0.4 is 16.6 Å². The summed E-state index contributed by atoms with van der Waals surface area (Å²) in [7, 11) is 0. The largest absolute Gasteiger partial charge is 0.346 e. The summed E-state index contributed by atoms with van der Waals surface area (Å²) < 4.78 is 0. The molecule has 0 aliphatic heterocycles. The summed E-state index contributed by atoms with van der Waals surface area (Å²) >= 11 is 0. The van der Waals surface area contributed by atoms with E-state index >= 15 is 0 Å². The Morgan fingerprint density at radius 2 is 2.00 bits per heavy atom. The standard InChI is InChI=1S/C14H16N4O/c1-10(11-5-3-2-4-6-11)17-14(19)12-7-8-16-13(9-12)18-15/h2-10H,15H2,1H3,(H,16,18)(H,17,19). The van der Waals surface area contributed by atoms with Crippen molar-refractivity contribution in [1.29, 1.82) is 0 Å². The van der Waals surface area contributed by atoms with Crippen LogP contribution in [0.4, 0.5) is 5.82 Å². The molecule has 0 fully saturated rings. The summed E-state index contributed by atoms with van der Waals surface area (Å²) in [6.07, 6.45) is 1.54. The molecule has 5 nitrogen and oxygen atoms in total. The average Bonchev–Trinajstić information content (AvgIpc) is 2.48. The van der Waals surface area contributed by atoms with Crippen molar-refractivity contribution in [2.24, 2.45) is 5.84 Å². The van der Waals surface area contributed by atoms with Crippen molar-refractivity contribution < 1.29 is 4.79 Å². The first-order chi connectivity index (χ1) is 9.20. The number of carbonyl (C=O) groups excluding carboxylic acids is 1. The van der Waals surface area contributed by atoms with Crippen LogP contribution in [0.3, 0.4) is 0 Å². The van der Waals surface area contributed by atoms with Crippen molar-refractivity contribution in [3.63, 3.8) is 0 Å². The summed E-state index contributed by atoms with van der Waals surface area (Å²) in [5, 5.41) is 2.93. The van der Waals surface area contributed by atoms with Gasteiger partial charge >= 0.3 is 0 Å². The maximum atomic E-state index is 12.1.